The lowest BCUT2D eigenvalue weighted by molar-refractivity contribution is -0.192. The van der Waals surface area contributed by atoms with Gasteiger partial charge in [0.05, 0.1) is 0 Å². The summed E-state index contributed by atoms with van der Waals surface area (Å²) in [5.74, 6) is -2.92. The first-order valence-electron chi connectivity index (χ1n) is 8.83. The largest absolute Gasteiger partial charge is 0.490 e. The highest BCUT2D eigenvalue weighted by Gasteiger charge is 2.38. The van der Waals surface area contributed by atoms with Gasteiger partial charge in [-0.2, -0.15) is 13.2 Å². The molecule has 0 saturated heterocycles. The maximum atomic E-state index is 12.2. The summed E-state index contributed by atoms with van der Waals surface area (Å²) < 4.78 is 31.7. The summed E-state index contributed by atoms with van der Waals surface area (Å²) in [6.07, 6.45) is 1.40. The predicted molar refractivity (Wildman–Crippen MR) is 103 cm³/mol. The van der Waals surface area contributed by atoms with E-state index in [1.807, 2.05) is 24.3 Å². The average Bonchev–Trinajstić information content (AvgIpc) is 2.75. The molecule has 0 bridgehead atoms. The summed E-state index contributed by atoms with van der Waals surface area (Å²) in [6, 6.07) is 7.38. The van der Waals surface area contributed by atoms with Crippen molar-refractivity contribution in [3.05, 3.63) is 59.7 Å². The number of hydrogen-bond donors (Lipinski definition) is 4. The third-order valence-corrected chi connectivity index (χ3v) is 3.98. The maximum absolute atomic E-state index is 12.2. The van der Waals surface area contributed by atoms with Crippen LogP contribution in [0.4, 0.5) is 18.9 Å². The van der Waals surface area contributed by atoms with Gasteiger partial charge in [0.15, 0.2) is 0 Å². The first-order chi connectivity index (χ1) is 14.2. The fourth-order valence-electron chi connectivity index (χ4n) is 2.41. The Balaban J connectivity index is 0.000000396. The third kappa shape index (κ3) is 6.94. The van der Waals surface area contributed by atoms with Gasteiger partial charge in [0.25, 0.3) is 5.91 Å². The summed E-state index contributed by atoms with van der Waals surface area (Å²) in [4.78, 5) is 29.4. The van der Waals surface area contributed by atoms with Crippen molar-refractivity contribution >= 4 is 23.1 Å². The lowest BCUT2D eigenvalue weighted by Crippen LogP contribution is -2.21. The summed E-state index contributed by atoms with van der Waals surface area (Å²) in [5.41, 5.74) is 9.44. The van der Waals surface area contributed by atoms with E-state index >= 15 is 0 Å². The number of aliphatic carboxylic acids is 1. The molecule has 5 N–H and O–H groups in total. The van der Waals surface area contributed by atoms with Crippen molar-refractivity contribution in [1.82, 2.24) is 15.3 Å². The number of carbonyl (C=O) groups is 2. The van der Waals surface area contributed by atoms with Crippen molar-refractivity contribution in [2.45, 2.75) is 19.1 Å². The van der Waals surface area contributed by atoms with Crippen molar-refractivity contribution in [2.24, 2.45) is 5.73 Å². The van der Waals surface area contributed by atoms with Crippen LogP contribution in [-0.2, 0) is 11.3 Å². The Labute approximate surface area is 170 Å². The molecule has 0 atom stereocenters. The smallest absolute Gasteiger partial charge is 0.475 e. The molecule has 3 rings (SSSR count). The number of nitrogens with zero attached hydrogens (tertiary/aromatic N) is 2. The van der Waals surface area contributed by atoms with Gasteiger partial charge in [0.2, 0.25) is 5.82 Å². The molecule has 8 nitrogen and oxygen atoms in total. The zero-order valence-electron chi connectivity index (χ0n) is 15.7. The molecule has 2 aromatic rings. The fraction of sp³-hybridized carbons (Fsp3) is 0.263. The first-order valence-corrected chi connectivity index (χ1v) is 8.83. The minimum atomic E-state index is -5.08. The number of carboxylic acid groups (broad SMARTS) is 1. The minimum Gasteiger partial charge on any atom is -0.475 e. The lowest BCUT2D eigenvalue weighted by Gasteiger charge is -2.13. The quantitative estimate of drug-likeness (QED) is 0.593. The number of aromatic nitrogens is 2. The molecule has 1 amide bonds. The molecular formula is C19H20F3N5O3. The number of alkyl halides is 3. The van der Waals surface area contributed by atoms with E-state index in [0.717, 1.165) is 30.6 Å². The van der Waals surface area contributed by atoms with E-state index in [9.17, 15) is 18.0 Å². The molecule has 1 aliphatic heterocycles. The molecule has 1 aromatic heterocycles. The second kappa shape index (κ2) is 10.5. The van der Waals surface area contributed by atoms with Crippen LogP contribution in [0.15, 0.2) is 42.7 Å². The highest BCUT2D eigenvalue weighted by molar-refractivity contribution is 6.01. The average molecular weight is 423 g/mol. The highest BCUT2D eigenvalue weighted by atomic mass is 19.4. The Hall–Kier alpha value is -3.31. The van der Waals surface area contributed by atoms with Gasteiger partial charge in [-0.25, -0.2) is 14.8 Å². The topological polar surface area (TPSA) is 130 Å². The maximum Gasteiger partial charge on any atom is 0.490 e. The molecule has 0 unspecified atom stereocenters. The zero-order chi connectivity index (χ0) is 22.1. The number of carbonyl (C=O) groups excluding carboxylic acids is 1. The van der Waals surface area contributed by atoms with E-state index in [1.54, 1.807) is 12.4 Å². The van der Waals surface area contributed by atoms with E-state index < -0.39 is 12.1 Å². The van der Waals surface area contributed by atoms with Crippen LogP contribution in [0, 0.1) is 0 Å². The van der Waals surface area contributed by atoms with Gasteiger partial charge in [-0.15, -0.1) is 0 Å². The van der Waals surface area contributed by atoms with Crippen LogP contribution in [0.1, 0.15) is 28.2 Å². The molecule has 160 valence electrons. The van der Waals surface area contributed by atoms with Gasteiger partial charge in [0, 0.05) is 36.7 Å². The number of rotatable bonds is 4. The van der Waals surface area contributed by atoms with Gasteiger partial charge >= 0.3 is 12.1 Å². The molecule has 0 radical (unpaired) electrons. The number of nitrogens with one attached hydrogen (secondary N) is 2. The number of nitrogens with two attached hydrogens (primary N) is 1. The Morgan fingerprint density at radius 3 is 2.23 bits per heavy atom. The number of benzene rings is 1. The second-order valence-electron chi connectivity index (χ2n) is 6.14. The van der Waals surface area contributed by atoms with Gasteiger partial charge in [-0.1, -0.05) is 18.2 Å². The SMILES string of the molecule is NCc1ccc(NC(=O)c2ncc(C3=CCNCC3)cn2)cc1.O=C(O)C(F)(F)F. The van der Waals surface area contributed by atoms with Crippen LogP contribution >= 0.6 is 0 Å². The van der Waals surface area contributed by atoms with E-state index in [4.69, 9.17) is 15.6 Å². The molecule has 30 heavy (non-hydrogen) atoms. The Morgan fingerprint density at radius 2 is 1.77 bits per heavy atom. The van der Waals surface area contributed by atoms with Crippen LogP contribution < -0.4 is 16.4 Å². The van der Waals surface area contributed by atoms with Gasteiger partial charge in [0.1, 0.15) is 0 Å². The number of amides is 1. The molecule has 11 heteroatoms. The fourth-order valence-corrected chi connectivity index (χ4v) is 2.41. The summed E-state index contributed by atoms with van der Waals surface area (Å²) in [7, 11) is 0. The number of carboxylic acids is 1. The number of anilines is 1. The molecule has 0 saturated carbocycles. The normalized spacial score (nSPS) is 13.5. The van der Waals surface area contributed by atoms with Crippen molar-refractivity contribution in [1.29, 1.82) is 0 Å². The summed E-state index contributed by atoms with van der Waals surface area (Å²) in [5, 5.41) is 13.2. The summed E-state index contributed by atoms with van der Waals surface area (Å²) >= 11 is 0. The van der Waals surface area contributed by atoms with Crippen LogP contribution in [0.25, 0.3) is 5.57 Å². The Bertz CT molecular complexity index is 897. The monoisotopic (exact) mass is 423 g/mol. The molecule has 1 aromatic carbocycles. The predicted octanol–water partition coefficient (Wildman–Crippen LogP) is 2.20. The van der Waals surface area contributed by atoms with Crippen molar-refractivity contribution in [3.8, 4) is 0 Å². The molecule has 0 fully saturated rings. The van der Waals surface area contributed by atoms with E-state index in [1.165, 1.54) is 5.57 Å². The Kier molecular flexibility index (Phi) is 8.01. The van der Waals surface area contributed by atoms with Crippen LogP contribution in [0.3, 0.4) is 0 Å². The van der Waals surface area contributed by atoms with Gasteiger partial charge in [-0.3, -0.25) is 4.79 Å². The number of hydrogen-bond acceptors (Lipinski definition) is 6. The molecular weight excluding hydrogens is 403 g/mol. The molecule has 2 heterocycles. The van der Waals surface area contributed by atoms with Crippen molar-refractivity contribution in [3.63, 3.8) is 0 Å². The van der Waals surface area contributed by atoms with Crippen molar-refractivity contribution < 1.29 is 27.9 Å². The van der Waals surface area contributed by atoms with Crippen LogP contribution in [0.5, 0.6) is 0 Å². The molecule has 0 spiro atoms. The van der Waals surface area contributed by atoms with E-state index in [-0.39, 0.29) is 11.7 Å². The first kappa shape index (κ1) is 23.0. The number of halogens is 3. The van der Waals surface area contributed by atoms with Crippen LogP contribution in [0.2, 0.25) is 0 Å². The highest BCUT2D eigenvalue weighted by Crippen LogP contribution is 2.18. The minimum absolute atomic E-state index is 0.159. The second-order valence-corrected chi connectivity index (χ2v) is 6.14. The third-order valence-electron chi connectivity index (χ3n) is 3.98. The molecule has 0 aliphatic carbocycles. The van der Waals surface area contributed by atoms with Gasteiger partial charge in [-0.05, 0) is 36.2 Å². The van der Waals surface area contributed by atoms with E-state index in [2.05, 4.69) is 26.7 Å². The van der Waals surface area contributed by atoms with Gasteiger partial charge < -0.3 is 21.5 Å². The van der Waals surface area contributed by atoms with Crippen LogP contribution in [-0.4, -0.2) is 46.2 Å². The summed E-state index contributed by atoms with van der Waals surface area (Å²) in [6.45, 7) is 2.29. The standard InChI is InChI=1S/C17H19N5O.C2HF3O2/c18-9-12-1-3-15(4-2-12)22-17(23)16-20-10-14(11-21-16)13-5-7-19-8-6-13;3-2(4,5)1(6)7/h1-5,10-11,19H,6-9,18H2,(H,22,23);(H,6,7). The Morgan fingerprint density at radius 1 is 1.17 bits per heavy atom. The molecule has 1 aliphatic rings. The van der Waals surface area contributed by atoms with E-state index in [0.29, 0.717) is 12.2 Å². The zero-order valence-corrected chi connectivity index (χ0v) is 15.7. The lowest BCUT2D eigenvalue weighted by atomic mass is 10.0. The van der Waals surface area contributed by atoms with Crippen molar-refractivity contribution in [2.75, 3.05) is 18.4 Å².